The van der Waals surface area contributed by atoms with Crippen molar-refractivity contribution in [2.24, 2.45) is 5.92 Å². The third-order valence-electron chi connectivity index (χ3n) is 3.21. The van der Waals surface area contributed by atoms with Crippen molar-refractivity contribution < 1.29 is 4.74 Å². The molecule has 0 spiro atoms. The monoisotopic (exact) mass is 229 g/mol. The number of hydrogen-bond acceptors (Lipinski definition) is 2. The molecule has 0 radical (unpaired) electrons. The molecule has 2 heteroatoms. The average Bonchev–Trinajstić information content (AvgIpc) is 2.71. The van der Waals surface area contributed by atoms with E-state index in [1.54, 1.807) is 7.11 Å². The number of nitrogens with one attached hydrogen (secondary N) is 1. The zero-order valence-electron chi connectivity index (χ0n) is 11.7. The first-order valence-electron chi connectivity index (χ1n) is 6.99. The molecule has 1 saturated heterocycles. The van der Waals surface area contributed by atoms with Gasteiger partial charge in [-0.15, -0.1) is 0 Å². The summed E-state index contributed by atoms with van der Waals surface area (Å²) in [6, 6.07) is 0. The van der Waals surface area contributed by atoms with Gasteiger partial charge in [0.1, 0.15) is 0 Å². The molecule has 0 aliphatic carbocycles. The number of hydrogen-bond donors (Lipinski definition) is 1. The van der Waals surface area contributed by atoms with Gasteiger partial charge in [-0.25, -0.2) is 0 Å². The van der Waals surface area contributed by atoms with Crippen LogP contribution in [0.5, 0.6) is 0 Å². The lowest BCUT2D eigenvalue weighted by molar-refractivity contribution is 0.0892. The van der Waals surface area contributed by atoms with E-state index in [-0.39, 0.29) is 0 Å². The van der Waals surface area contributed by atoms with Crippen molar-refractivity contribution in [3.05, 3.63) is 0 Å². The number of unbranched alkanes of at least 4 members (excludes halogenated alkanes) is 5. The topological polar surface area (TPSA) is 21.3 Å². The molecule has 1 N–H and O–H groups in total. The maximum atomic E-state index is 5.16. The molecule has 0 amide bonds. The average molecular weight is 229 g/mol. The molecule has 1 fully saturated rings. The van der Waals surface area contributed by atoms with Crippen molar-refractivity contribution in [2.75, 3.05) is 20.2 Å². The minimum Gasteiger partial charge on any atom is -0.380 e. The fraction of sp³-hybridized carbons (Fsp3) is 1.00. The van der Waals surface area contributed by atoms with E-state index in [2.05, 4.69) is 26.1 Å². The SMILES string of the molecule is CCCCCCCC.COC1CNCC1C. The van der Waals surface area contributed by atoms with Gasteiger partial charge in [-0.1, -0.05) is 59.3 Å². The van der Waals surface area contributed by atoms with E-state index in [1.807, 2.05) is 0 Å². The first-order valence-corrected chi connectivity index (χ1v) is 6.99. The highest BCUT2D eigenvalue weighted by Crippen LogP contribution is 2.09. The van der Waals surface area contributed by atoms with Gasteiger partial charge in [-0.05, 0) is 5.92 Å². The molecule has 2 unspecified atom stereocenters. The molecule has 2 atom stereocenters. The summed E-state index contributed by atoms with van der Waals surface area (Å²) < 4.78 is 5.16. The van der Waals surface area contributed by atoms with Crippen molar-refractivity contribution in [1.29, 1.82) is 0 Å². The Hall–Kier alpha value is -0.0800. The summed E-state index contributed by atoms with van der Waals surface area (Å²) in [7, 11) is 1.77. The van der Waals surface area contributed by atoms with Crippen LogP contribution >= 0.6 is 0 Å². The highest BCUT2D eigenvalue weighted by molar-refractivity contribution is 4.77. The van der Waals surface area contributed by atoms with Gasteiger partial charge in [0.05, 0.1) is 6.10 Å². The van der Waals surface area contributed by atoms with Crippen LogP contribution in [0.4, 0.5) is 0 Å². The maximum absolute atomic E-state index is 5.16. The molecule has 1 aliphatic rings. The lowest BCUT2D eigenvalue weighted by Gasteiger charge is -2.09. The van der Waals surface area contributed by atoms with E-state index < -0.39 is 0 Å². The minimum atomic E-state index is 0.454. The Morgan fingerprint density at radius 2 is 1.56 bits per heavy atom. The van der Waals surface area contributed by atoms with Crippen LogP contribution in [0.1, 0.15) is 59.3 Å². The number of methoxy groups -OCH3 is 1. The first kappa shape index (κ1) is 15.9. The van der Waals surface area contributed by atoms with E-state index in [0.717, 1.165) is 13.1 Å². The zero-order chi connectivity index (χ0) is 12.2. The second-order valence-corrected chi connectivity index (χ2v) is 4.82. The van der Waals surface area contributed by atoms with E-state index >= 15 is 0 Å². The summed E-state index contributed by atoms with van der Waals surface area (Å²) in [6.45, 7) is 8.85. The molecule has 2 nitrogen and oxygen atoms in total. The highest BCUT2D eigenvalue weighted by Gasteiger charge is 2.21. The molecule has 0 aromatic carbocycles. The number of ether oxygens (including phenoxy) is 1. The molecule has 0 bridgehead atoms. The standard InChI is InChI=1S/C8H18.C6H13NO/c1-3-5-7-8-6-4-2;1-5-3-7-4-6(5)8-2/h3-8H2,1-2H3;5-7H,3-4H2,1-2H3. The molecule has 16 heavy (non-hydrogen) atoms. The van der Waals surface area contributed by atoms with Gasteiger partial charge in [0.15, 0.2) is 0 Å². The van der Waals surface area contributed by atoms with Crippen LogP contribution < -0.4 is 5.32 Å². The second-order valence-electron chi connectivity index (χ2n) is 4.82. The summed E-state index contributed by atoms with van der Waals surface area (Å²) in [6.07, 6.45) is 8.94. The van der Waals surface area contributed by atoms with E-state index in [1.165, 1.54) is 38.5 Å². The molecule has 0 saturated carbocycles. The molecule has 1 aliphatic heterocycles. The van der Waals surface area contributed by atoms with Crippen molar-refractivity contribution in [3.8, 4) is 0 Å². The van der Waals surface area contributed by atoms with Gasteiger partial charge in [0.2, 0.25) is 0 Å². The molecular formula is C14H31NO. The smallest absolute Gasteiger partial charge is 0.0733 e. The van der Waals surface area contributed by atoms with Gasteiger partial charge in [0, 0.05) is 20.2 Å². The summed E-state index contributed by atoms with van der Waals surface area (Å²) in [5.41, 5.74) is 0. The summed E-state index contributed by atoms with van der Waals surface area (Å²) in [5.74, 6) is 0.694. The summed E-state index contributed by atoms with van der Waals surface area (Å²) >= 11 is 0. The van der Waals surface area contributed by atoms with Crippen LogP contribution in [0.2, 0.25) is 0 Å². The molecule has 0 aromatic heterocycles. The Balaban J connectivity index is 0.000000281. The van der Waals surface area contributed by atoms with Crippen LogP contribution in [0.3, 0.4) is 0 Å². The fourth-order valence-electron chi connectivity index (χ4n) is 1.96. The van der Waals surface area contributed by atoms with Crippen LogP contribution in [-0.2, 0) is 4.74 Å². The van der Waals surface area contributed by atoms with Gasteiger partial charge in [-0.2, -0.15) is 0 Å². The van der Waals surface area contributed by atoms with Crippen LogP contribution in [0, 0.1) is 5.92 Å². The molecule has 0 aromatic rings. The van der Waals surface area contributed by atoms with Crippen molar-refractivity contribution in [3.63, 3.8) is 0 Å². The molecular weight excluding hydrogens is 198 g/mol. The summed E-state index contributed by atoms with van der Waals surface area (Å²) in [4.78, 5) is 0. The number of rotatable bonds is 6. The van der Waals surface area contributed by atoms with E-state index in [9.17, 15) is 0 Å². The predicted molar refractivity (Wildman–Crippen MR) is 71.9 cm³/mol. The summed E-state index contributed by atoms with van der Waals surface area (Å²) in [5, 5.41) is 3.25. The Morgan fingerprint density at radius 3 is 1.81 bits per heavy atom. The Labute approximate surface area is 102 Å². The van der Waals surface area contributed by atoms with Crippen LogP contribution in [0.25, 0.3) is 0 Å². The third-order valence-corrected chi connectivity index (χ3v) is 3.21. The minimum absolute atomic E-state index is 0.454. The first-order chi connectivity index (χ1) is 7.76. The third kappa shape index (κ3) is 8.12. The maximum Gasteiger partial charge on any atom is 0.0733 e. The van der Waals surface area contributed by atoms with E-state index in [4.69, 9.17) is 4.74 Å². The van der Waals surface area contributed by atoms with Crippen LogP contribution in [-0.4, -0.2) is 26.3 Å². The zero-order valence-corrected chi connectivity index (χ0v) is 11.7. The molecule has 1 heterocycles. The normalized spacial score (nSPS) is 24.0. The fourth-order valence-corrected chi connectivity index (χ4v) is 1.96. The van der Waals surface area contributed by atoms with Crippen molar-refractivity contribution in [1.82, 2.24) is 5.32 Å². The van der Waals surface area contributed by atoms with Gasteiger partial charge < -0.3 is 10.1 Å². The van der Waals surface area contributed by atoms with Gasteiger partial charge in [0.25, 0.3) is 0 Å². The van der Waals surface area contributed by atoms with Gasteiger partial charge in [-0.3, -0.25) is 0 Å². The van der Waals surface area contributed by atoms with E-state index in [0.29, 0.717) is 12.0 Å². The van der Waals surface area contributed by atoms with Crippen molar-refractivity contribution in [2.45, 2.75) is 65.4 Å². The van der Waals surface area contributed by atoms with Gasteiger partial charge >= 0.3 is 0 Å². The molecule has 1 rings (SSSR count). The second kappa shape index (κ2) is 11.4. The predicted octanol–water partition coefficient (Wildman–Crippen LogP) is 3.61. The largest absolute Gasteiger partial charge is 0.380 e. The Bertz CT molecular complexity index is 133. The lowest BCUT2D eigenvalue weighted by atomic mass is 10.1. The van der Waals surface area contributed by atoms with Crippen molar-refractivity contribution >= 4 is 0 Å². The highest BCUT2D eigenvalue weighted by atomic mass is 16.5. The molecule has 98 valence electrons. The Morgan fingerprint density at radius 1 is 1.00 bits per heavy atom. The lowest BCUT2D eigenvalue weighted by Crippen LogP contribution is -2.18. The quantitative estimate of drug-likeness (QED) is 0.703. The van der Waals surface area contributed by atoms with Crippen LogP contribution in [0.15, 0.2) is 0 Å². The Kier molecular flexibility index (Phi) is 11.3.